The van der Waals surface area contributed by atoms with Gasteiger partial charge in [0, 0.05) is 13.1 Å². The summed E-state index contributed by atoms with van der Waals surface area (Å²) in [6.45, 7) is 1.83. The first-order valence-electron chi connectivity index (χ1n) is 5.24. The van der Waals surface area contributed by atoms with Crippen LogP contribution in [0.1, 0.15) is 5.56 Å². The molecule has 0 saturated carbocycles. The van der Waals surface area contributed by atoms with E-state index in [1.807, 2.05) is 6.92 Å². The predicted octanol–water partition coefficient (Wildman–Crippen LogP) is 3.41. The largest absolute Gasteiger partial charge is 0.439 e. The molecule has 1 aromatic carbocycles. The van der Waals surface area contributed by atoms with E-state index in [1.165, 1.54) is 24.5 Å². The van der Waals surface area contributed by atoms with Crippen molar-refractivity contribution in [3.63, 3.8) is 0 Å². The molecule has 0 spiro atoms. The summed E-state index contributed by atoms with van der Waals surface area (Å²) in [5.74, 6) is 1.01. The van der Waals surface area contributed by atoms with Crippen LogP contribution >= 0.6 is 11.6 Å². The number of ether oxygens (including phenoxy) is 1. The standard InChI is InChI=1S/C12H11ClFN3O/c1-7-11(15-2)16-6-17-12(7)18-8-3-4-10(14)9(13)5-8/h3-6H,1-2H3,(H,15,16,17). The van der Waals surface area contributed by atoms with Crippen molar-refractivity contribution in [3.8, 4) is 11.6 Å². The van der Waals surface area contributed by atoms with E-state index in [4.69, 9.17) is 16.3 Å². The third-order valence-electron chi connectivity index (χ3n) is 2.38. The number of aromatic nitrogens is 2. The fourth-order valence-electron chi connectivity index (χ4n) is 1.44. The summed E-state index contributed by atoms with van der Waals surface area (Å²) in [7, 11) is 1.76. The molecule has 1 heterocycles. The molecule has 2 rings (SSSR count). The molecule has 0 fully saturated rings. The minimum absolute atomic E-state index is 0.00745. The average Bonchev–Trinajstić information content (AvgIpc) is 2.36. The lowest BCUT2D eigenvalue weighted by Gasteiger charge is -2.10. The molecule has 0 saturated heterocycles. The summed E-state index contributed by atoms with van der Waals surface area (Å²) in [6, 6.07) is 4.13. The van der Waals surface area contributed by atoms with Crippen LogP contribution in [0.25, 0.3) is 0 Å². The second-order valence-corrected chi connectivity index (χ2v) is 3.99. The molecule has 4 nitrogen and oxygen atoms in total. The smallest absolute Gasteiger partial charge is 0.227 e. The van der Waals surface area contributed by atoms with Gasteiger partial charge in [-0.3, -0.25) is 0 Å². The lowest BCUT2D eigenvalue weighted by molar-refractivity contribution is 0.456. The van der Waals surface area contributed by atoms with Crippen LogP contribution in [0.5, 0.6) is 11.6 Å². The van der Waals surface area contributed by atoms with E-state index in [1.54, 1.807) is 7.05 Å². The maximum atomic E-state index is 13.0. The van der Waals surface area contributed by atoms with Crippen LogP contribution in [0.15, 0.2) is 24.5 Å². The molecule has 0 aliphatic rings. The number of halogens is 2. The summed E-state index contributed by atoms with van der Waals surface area (Å²) in [5, 5.41) is 2.93. The van der Waals surface area contributed by atoms with Crippen molar-refractivity contribution in [2.24, 2.45) is 0 Å². The molecule has 0 unspecified atom stereocenters. The monoisotopic (exact) mass is 267 g/mol. The number of hydrogen-bond acceptors (Lipinski definition) is 4. The van der Waals surface area contributed by atoms with Crippen LogP contribution in [0.4, 0.5) is 10.2 Å². The van der Waals surface area contributed by atoms with Gasteiger partial charge in [0.15, 0.2) is 0 Å². The highest BCUT2D eigenvalue weighted by Gasteiger charge is 2.09. The Labute approximate surface area is 109 Å². The van der Waals surface area contributed by atoms with Crippen LogP contribution in [-0.2, 0) is 0 Å². The van der Waals surface area contributed by atoms with Crippen molar-refractivity contribution in [1.29, 1.82) is 0 Å². The topological polar surface area (TPSA) is 47.0 Å². The Bertz CT molecular complexity index is 577. The molecule has 94 valence electrons. The maximum absolute atomic E-state index is 13.0. The second-order valence-electron chi connectivity index (χ2n) is 3.58. The van der Waals surface area contributed by atoms with Gasteiger partial charge in [-0.05, 0) is 19.1 Å². The van der Waals surface area contributed by atoms with Crippen molar-refractivity contribution < 1.29 is 9.13 Å². The number of rotatable bonds is 3. The van der Waals surface area contributed by atoms with Gasteiger partial charge >= 0.3 is 0 Å². The van der Waals surface area contributed by atoms with E-state index in [2.05, 4.69) is 15.3 Å². The first-order chi connectivity index (χ1) is 8.61. The molecule has 0 aliphatic heterocycles. The highest BCUT2D eigenvalue weighted by Crippen LogP contribution is 2.28. The van der Waals surface area contributed by atoms with Gasteiger partial charge < -0.3 is 10.1 Å². The minimum atomic E-state index is -0.487. The Hall–Kier alpha value is -1.88. The zero-order chi connectivity index (χ0) is 13.1. The molecule has 6 heteroatoms. The Morgan fingerprint density at radius 1 is 1.33 bits per heavy atom. The molecule has 18 heavy (non-hydrogen) atoms. The van der Waals surface area contributed by atoms with Gasteiger partial charge in [-0.25, -0.2) is 14.4 Å². The van der Waals surface area contributed by atoms with Gasteiger partial charge in [-0.1, -0.05) is 11.6 Å². The van der Waals surface area contributed by atoms with E-state index in [-0.39, 0.29) is 5.02 Å². The normalized spacial score (nSPS) is 10.2. The quantitative estimate of drug-likeness (QED) is 0.926. The van der Waals surface area contributed by atoms with Gasteiger partial charge in [-0.15, -0.1) is 0 Å². The molecular formula is C12H11ClFN3O. The third kappa shape index (κ3) is 2.51. The van der Waals surface area contributed by atoms with Gasteiger partial charge in [0.05, 0.1) is 10.6 Å². The molecule has 0 amide bonds. The van der Waals surface area contributed by atoms with Gasteiger partial charge in [0.25, 0.3) is 0 Å². The van der Waals surface area contributed by atoms with Crippen LogP contribution < -0.4 is 10.1 Å². The molecule has 0 atom stereocenters. The fourth-order valence-corrected chi connectivity index (χ4v) is 1.61. The lowest BCUT2D eigenvalue weighted by atomic mass is 10.3. The second kappa shape index (κ2) is 5.18. The van der Waals surface area contributed by atoms with Crippen molar-refractivity contribution in [2.75, 3.05) is 12.4 Å². The lowest BCUT2D eigenvalue weighted by Crippen LogP contribution is -1.99. The fraction of sp³-hybridized carbons (Fsp3) is 0.167. The van der Waals surface area contributed by atoms with Crippen LogP contribution in [-0.4, -0.2) is 17.0 Å². The number of nitrogens with zero attached hydrogens (tertiary/aromatic N) is 2. The van der Waals surface area contributed by atoms with E-state index < -0.39 is 5.82 Å². The van der Waals surface area contributed by atoms with E-state index in [0.29, 0.717) is 17.4 Å². The number of hydrogen-bond donors (Lipinski definition) is 1. The summed E-state index contributed by atoms with van der Waals surface area (Å²) < 4.78 is 18.6. The summed E-state index contributed by atoms with van der Waals surface area (Å²) in [4.78, 5) is 8.07. The Morgan fingerprint density at radius 2 is 2.11 bits per heavy atom. The zero-order valence-corrected chi connectivity index (χ0v) is 10.6. The first kappa shape index (κ1) is 12.6. The SMILES string of the molecule is CNc1ncnc(Oc2ccc(F)c(Cl)c2)c1C. The van der Waals surface area contributed by atoms with Gasteiger partial charge in [0.2, 0.25) is 5.88 Å². The van der Waals surface area contributed by atoms with Crippen molar-refractivity contribution in [2.45, 2.75) is 6.92 Å². The molecule has 0 aliphatic carbocycles. The van der Waals surface area contributed by atoms with Crippen LogP contribution in [0, 0.1) is 12.7 Å². The highest BCUT2D eigenvalue weighted by molar-refractivity contribution is 6.30. The Balaban J connectivity index is 2.31. The van der Waals surface area contributed by atoms with E-state index >= 15 is 0 Å². The van der Waals surface area contributed by atoms with E-state index in [0.717, 1.165) is 5.56 Å². The molecule has 2 aromatic rings. The van der Waals surface area contributed by atoms with Gasteiger partial charge in [0.1, 0.15) is 23.7 Å². The first-order valence-corrected chi connectivity index (χ1v) is 5.62. The third-order valence-corrected chi connectivity index (χ3v) is 2.67. The zero-order valence-electron chi connectivity index (χ0n) is 9.87. The molecule has 0 radical (unpaired) electrons. The molecular weight excluding hydrogens is 257 g/mol. The van der Waals surface area contributed by atoms with Crippen LogP contribution in [0.2, 0.25) is 5.02 Å². The van der Waals surface area contributed by atoms with Crippen molar-refractivity contribution in [1.82, 2.24) is 9.97 Å². The number of nitrogens with one attached hydrogen (secondary N) is 1. The molecule has 1 aromatic heterocycles. The van der Waals surface area contributed by atoms with Crippen molar-refractivity contribution >= 4 is 17.4 Å². The average molecular weight is 268 g/mol. The minimum Gasteiger partial charge on any atom is -0.439 e. The highest BCUT2D eigenvalue weighted by atomic mass is 35.5. The maximum Gasteiger partial charge on any atom is 0.227 e. The number of anilines is 1. The van der Waals surface area contributed by atoms with Crippen molar-refractivity contribution in [3.05, 3.63) is 40.9 Å². The van der Waals surface area contributed by atoms with Gasteiger partial charge in [-0.2, -0.15) is 0 Å². The summed E-state index contributed by atoms with van der Waals surface area (Å²) in [6.07, 6.45) is 1.39. The van der Waals surface area contributed by atoms with E-state index in [9.17, 15) is 4.39 Å². The summed E-state index contributed by atoms with van der Waals surface area (Å²) in [5.41, 5.74) is 0.764. The molecule has 1 N–H and O–H groups in total. The Morgan fingerprint density at radius 3 is 2.78 bits per heavy atom. The number of benzene rings is 1. The van der Waals surface area contributed by atoms with Crippen LogP contribution in [0.3, 0.4) is 0 Å². The summed E-state index contributed by atoms with van der Waals surface area (Å²) >= 11 is 5.68. The molecule has 0 bridgehead atoms. The predicted molar refractivity (Wildman–Crippen MR) is 67.8 cm³/mol. The Kier molecular flexibility index (Phi) is 3.62.